The number of benzene rings is 1. The normalized spacial score (nSPS) is 14.4. The molecule has 0 aromatic heterocycles. The van der Waals surface area contributed by atoms with Crippen LogP contribution in [0.4, 0.5) is 4.39 Å². The number of hydrogen-bond acceptors (Lipinski definition) is 3. The van der Waals surface area contributed by atoms with Gasteiger partial charge in [0.2, 0.25) is 0 Å². The van der Waals surface area contributed by atoms with Crippen molar-refractivity contribution in [3.05, 3.63) is 29.6 Å². The standard InChI is InChI=1S/C15H21FN2O2/c1-10(2)17-8-11-3-6-14(13(16)7-11)20-9-15(19)18-12-4-5-12/h3,6-7,10,12,17H,4-5,8-9H2,1-2H3,(H,18,19). The zero-order chi connectivity index (χ0) is 14.5. The summed E-state index contributed by atoms with van der Waals surface area (Å²) in [4.78, 5) is 11.5. The van der Waals surface area contributed by atoms with E-state index in [0.29, 0.717) is 18.6 Å². The van der Waals surface area contributed by atoms with Gasteiger partial charge in [-0.05, 0) is 30.5 Å². The molecule has 5 heteroatoms. The highest BCUT2D eigenvalue weighted by Gasteiger charge is 2.23. The molecule has 0 bridgehead atoms. The van der Waals surface area contributed by atoms with Gasteiger partial charge in [0, 0.05) is 18.6 Å². The summed E-state index contributed by atoms with van der Waals surface area (Å²) in [6.45, 7) is 4.53. The van der Waals surface area contributed by atoms with Gasteiger partial charge in [-0.15, -0.1) is 0 Å². The molecular formula is C15H21FN2O2. The molecule has 2 rings (SSSR count). The lowest BCUT2D eigenvalue weighted by Crippen LogP contribution is -2.30. The molecule has 2 N–H and O–H groups in total. The molecule has 0 spiro atoms. The zero-order valence-electron chi connectivity index (χ0n) is 11.9. The molecule has 0 atom stereocenters. The Morgan fingerprint density at radius 2 is 2.20 bits per heavy atom. The Hall–Kier alpha value is -1.62. The number of carbonyl (C=O) groups is 1. The lowest BCUT2D eigenvalue weighted by atomic mass is 10.2. The summed E-state index contributed by atoms with van der Waals surface area (Å²) in [5.74, 6) is -0.519. The van der Waals surface area contributed by atoms with Crippen molar-refractivity contribution in [2.24, 2.45) is 0 Å². The predicted octanol–water partition coefficient (Wildman–Crippen LogP) is 1.98. The minimum Gasteiger partial charge on any atom is -0.481 e. The Labute approximate surface area is 118 Å². The van der Waals surface area contributed by atoms with E-state index in [1.54, 1.807) is 12.1 Å². The summed E-state index contributed by atoms with van der Waals surface area (Å²) in [6.07, 6.45) is 2.05. The van der Waals surface area contributed by atoms with Crippen LogP contribution in [0, 0.1) is 5.82 Å². The molecule has 1 amide bonds. The molecule has 110 valence electrons. The van der Waals surface area contributed by atoms with Crippen molar-refractivity contribution < 1.29 is 13.9 Å². The van der Waals surface area contributed by atoms with Gasteiger partial charge < -0.3 is 15.4 Å². The fourth-order valence-electron chi connectivity index (χ4n) is 1.73. The molecular weight excluding hydrogens is 259 g/mol. The van der Waals surface area contributed by atoms with E-state index in [9.17, 15) is 9.18 Å². The molecule has 0 radical (unpaired) electrons. The maximum absolute atomic E-state index is 13.8. The van der Waals surface area contributed by atoms with Crippen LogP contribution in [0.2, 0.25) is 0 Å². The summed E-state index contributed by atoms with van der Waals surface area (Å²) in [5, 5.41) is 6.01. The van der Waals surface area contributed by atoms with Gasteiger partial charge in [-0.2, -0.15) is 0 Å². The van der Waals surface area contributed by atoms with E-state index in [0.717, 1.165) is 18.4 Å². The van der Waals surface area contributed by atoms with Crippen molar-refractivity contribution in [2.45, 2.75) is 45.3 Å². The van der Waals surface area contributed by atoms with Crippen molar-refractivity contribution in [3.63, 3.8) is 0 Å². The topological polar surface area (TPSA) is 50.4 Å². The Balaban J connectivity index is 1.83. The Morgan fingerprint density at radius 3 is 2.80 bits per heavy atom. The van der Waals surface area contributed by atoms with Gasteiger partial charge in [0.15, 0.2) is 18.2 Å². The first-order valence-corrected chi connectivity index (χ1v) is 6.98. The van der Waals surface area contributed by atoms with Crippen LogP contribution in [0.3, 0.4) is 0 Å². The number of amides is 1. The maximum Gasteiger partial charge on any atom is 0.258 e. The molecule has 0 heterocycles. The maximum atomic E-state index is 13.8. The van der Waals surface area contributed by atoms with Gasteiger partial charge in [-0.3, -0.25) is 4.79 Å². The summed E-state index contributed by atoms with van der Waals surface area (Å²) in [7, 11) is 0. The molecule has 0 aliphatic heterocycles. The molecule has 4 nitrogen and oxygen atoms in total. The first-order chi connectivity index (χ1) is 9.54. The number of carbonyl (C=O) groups excluding carboxylic acids is 1. The summed E-state index contributed by atoms with van der Waals surface area (Å²) in [5.41, 5.74) is 0.853. The first-order valence-electron chi connectivity index (χ1n) is 6.98. The fourth-order valence-corrected chi connectivity index (χ4v) is 1.73. The van der Waals surface area contributed by atoms with Crippen molar-refractivity contribution in [2.75, 3.05) is 6.61 Å². The predicted molar refractivity (Wildman–Crippen MR) is 75.0 cm³/mol. The number of hydrogen-bond donors (Lipinski definition) is 2. The molecule has 1 saturated carbocycles. The van der Waals surface area contributed by atoms with E-state index in [2.05, 4.69) is 10.6 Å². The van der Waals surface area contributed by atoms with Crippen LogP contribution >= 0.6 is 0 Å². The lowest BCUT2D eigenvalue weighted by Gasteiger charge is -2.11. The Kier molecular flexibility index (Phi) is 4.95. The van der Waals surface area contributed by atoms with Gasteiger partial charge in [0.25, 0.3) is 5.91 Å². The highest BCUT2D eigenvalue weighted by molar-refractivity contribution is 5.78. The van der Waals surface area contributed by atoms with Crippen molar-refractivity contribution in [1.29, 1.82) is 0 Å². The van der Waals surface area contributed by atoms with Crippen LogP contribution in [0.15, 0.2) is 18.2 Å². The van der Waals surface area contributed by atoms with Crippen LogP contribution in [0.5, 0.6) is 5.75 Å². The van der Waals surface area contributed by atoms with Gasteiger partial charge in [0.05, 0.1) is 0 Å². The molecule has 1 aliphatic rings. The number of rotatable bonds is 7. The van der Waals surface area contributed by atoms with E-state index in [-0.39, 0.29) is 18.3 Å². The largest absolute Gasteiger partial charge is 0.481 e. The van der Waals surface area contributed by atoms with Crippen LogP contribution in [0.25, 0.3) is 0 Å². The second kappa shape index (κ2) is 6.70. The van der Waals surface area contributed by atoms with E-state index >= 15 is 0 Å². The number of nitrogens with one attached hydrogen (secondary N) is 2. The van der Waals surface area contributed by atoms with E-state index < -0.39 is 5.82 Å². The Bertz CT molecular complexity index is 473. The SMILES string of the molecule is CC(C)NCc1ccc(OCC(=O)NC2CC2)c(F)c1. The van der Waals surface area contributed by atoms with Crippen molar-refractivity contribution in [3.8, 4) is 5.75 Å². The van der Waals surface area contributed by atoms with Gasteiger partial charge >= 0.3 is 0 Å². The van der Waals surface area contributed by atoms with Crippen LogP contribution in [-0.4, -0.2) is 24.6 Å². The third kappa shape index (κ3) is 4.81. The highest BCUT2D eigenvalue weighted by atomic mass is 19.1. The van der Waals surface area contributed by atoms with Crippen LogP contribution < -0.4 is 15.4 Å². The van der Waals surface area contributed by atoms with Gasteiger partial charge in [-0.1, -0.05) is 19.9 Å². The van der Waals surface area contributed by atoms with Gasteiger partial charge in [-0.25, -0.2) is 4.39 Å². The lowest BCUT2D eigenvalue weighted by molar-refractivity contribution is -0.123. The average molecular weight is 280 g/mol. The van der Waals surface area contributed by atoms with E-state index in [4.69, 9.17) is 4.74 Å². The average Bonchev–Trinajstić information content (AvgIpc) is 3.19. The highest BCUT2D eigenvalue weighted by Crippen LogP contribution is 2.20. The smallest absolute Gasteiger partial charge is 0.258 e. The van der Waals surface area contributed by atoms with Crippen LogP contribution in [0.1, 0.15) is 32.3 Å². The molecule has 0 saturated heterocycles. The monoisotopic (exact) mass is 280 g/mol. The van der Waals surface area contributed by atoms with E-state index in [1.807, 2.05) is 13.8 Å². The van der Waals surface area contributed by atoms with Gasteiger partial charge in [0.1, 0.15) is 0 Å². The number of halogens is 1. The number of ether oxygens (including phenoxy) is 1. The van der Waals surface area contributed by atoms with Crippen molar-refractivity contribution >= 4 is 5.91 Å². The quantitative estimate of drug-likeness (QED) is 0.803. The summed E-state index contributed by atoms with van der Waals surface area (Å²) < 4.78 is 19.0. The van der Waals surface area contributed by atoms with E-state index in [1.165, 1.54) is 6.07 Å². The first kappa shape index (κ1) is 14.8. The Morgan fingerprint density at radius 1 is 1.45 bits per heavy atom. The van der Waals surface area contributed by atoms with Crippen LogP contribution in [-0.2, 0) is 11.3 Å². The minimum atomic E-state index is -0.438. The third-order valence-electron chi connectivity index (χ3n) is 3.01. The molecule has 1 aliphatic carbocycles. The fraction of sp³-hybridized carbons (Fsp3) is 0.533. The second-order valence-corrected chi connectivity index (χ2v) is 5.43. The minimum absolute atomic E-state index is 0.115. The van der Waals surface area contributed by atoms with Crippen molar-refractivity contribution in [1.82, 2.24) is 10.6 Å². The summed E-state index contributed by atoms with van der Waals surface area (Å²) in [6, 6.07) is 5.44. The summed E-state index contributed by atoms with van der Waals surface area (Å²) >= 11 is 0. The molecule has 1 fully saturated rings. The molecule has 20 heavy (non-hydrogen) atoms. The molecule has 0 unspecified atom stereocenters. The second-order valence-electron chi connectivity index (χ2n) is 5.43. The molecule has 1 aromatic carbocycles. The zero-order valence-corrected chi connectivity index (χ0v) is 11.9. The third-order valence-corrected chi connectivity index (χ3v) is 3.01. The molecule has 1 aromatic rings.